The monoisotopic (exact) mass is 303 g/mol. The predicted octanol–water partition coefficient (Wildman–Crippen LogP) is 1.61. The number of anilines is 1. The SMILES string of the molecule is COc1ccccc1C(=O)Nc1cnc2n(c1=O)CCS2. The Labute approximate surface area is 125 Å². The van der Waals surface area contributed by atoms with Crippen molar-refractivity contribution < 1.29 is 9.53 Å². The fraction of sp³-hybridized carbons (Fsp3) is 0.214. The maximum atomic E-state index is 12.3. The highest BCUT2D eigenvalue weighted by molar-refractivity contribution is 7.99. The van der Waals surface area contributed by atoms with Gasteiger partial charge in [0.15, 0.2) is 5.16 Å². The number of rotatable bonds is 3. The van der Waals surface area contributed by atoms with E-state index < -0.39 is 5.91 Å². The van der Waals surface area contributed by atoms with Gasteiger partial charge in [-0.15, -0.1) is 0 Å². The van der Waals surface area contributed by atoms with Crippen molar-refractivity contribution in [1.29, 1.82) is 0 Å². The topological polar surface area (TPSA) is 73.2 Å². The van der Waals surface area contributed by atoms with Crippen LogP contribution in [0.25, 0.3) is 0 Å². The number of thioether (sulfide) groups is 1. The molecule has 1 N–H and O–H groups in total. The van der Waals surface area contributed by atoms with Gasteiger partial charge in [-0.25, -0.2) is 4.98 Å². The van der Waals surface area contributed by atoms with Crippen molar-refractivity contribution in [3.8, 4) is 5.75 Å². The number of aromatic nitrogens is 2. The molecule has 0 bridgehead atoms. The summed E-state index contributed by atoms with van der Waals surface area (Å²) in [5, 5.41) is 3.30. The van der Waals surface area contributed by atoms with Crippen LogP contribution < -0.4 is 15.6 Å². The Morgan fingerprint density at radius 1 is 1.43 bits per heavy atom. The summed E-state index contributed by atoms with van der Waals surface area (Å²) in [5.41, 5.74) is 0.324. The number of para-hydroxylation sites is 1. The van der Waals surface area contributed by atoms with Crippen molar-refractivity contribution in [3.63, 3.8) is 0 Å². The number of hydrogen-bond donors (Lipinski definition) is 1. The Balaban J connectivity index is 1.91. The molecule has 1 aliphatic rings. The molecule has 7 heteroatoms. The average molecular weight is 303 g/mol. The molecule has 0 atom stereocenters. The molecule has 2 heterocycles. The van der Waals surface area contributed by atoms with Crippen molar-refractivity contribution in [2.75, 3.05) is 18.2 Å². The molecule has 0 unspecified atom stereocenters. The van der Waals surface area contributed by atoms with Gasteiger partial charge in [0.2, 0.25) is 0 Å². The summed E-state index contributed by atoms with van der Waals surface area (Å²) in [6.45, 7) is 0.615. The van der Waals surface area contributed by atoms with Crippen LogP contribution in [0.5, 0.6) is 5.75 Å². The zero-order valence-electron chi connectivity index (χ0n) is 11.3. The molecule has 0 fully saturated rings. The first-order valence-corrected chi connectivity index (χ1v) is 7.36. The van der Waals surface area contributed by atoms with E-state index in [1.165, 1.54) is 25.1 Å². The molecule has 21 heavy (non-hydrogen) atoms. The van der Waals surface area contributed by atoms with Gasteiger partial charge in [0.1, 0.15) is 11.4 Å². The molecule has 0 aliphatic carbocycles. The molecule has 0 saturated heterocycles. The van der Waals surface area contributed by atoms with E-state index in [1.807, 2.05) is 0 Å². The van der Waals surface area contributed by atoms with Crippen LogP contribution in [0.2, 0.25) is 0 Å². The van der Waals surface area contributed by atoms with Crippen molar-refractivity contribution in [1.82, 2.24) is 9.55 Å². The van der Waals surface area contributed by atoms with E-state index in [9.17, 15) is 9.59 Å². The third kappa shape index (κ3) is 2.52. The minimum atomic E-state index is -0.391. The smallest absolute Gasteiger partial charge is 0.277 e. The van der Waals surface area contributed by atoms with Crippen LogP contribution in [0.4, 0.5) is 5.69 Å². The van der Waals surface area contributed by atoms with Gasteiger partial charge in [0, 0.05) is 12.3 Å². The third-order valence-electron chi connectivity index (χ3n) is 3.16. The minimum Gasteiger partial charge on any atom is -0.496 e. The highest BCUT2D eigenvalue weighted by atomic mass is 32.2. The molecule has 1 amide bonds. The molecule has 1 aromatic carbocycles. The van der Waals surface area contributed by atoms with Gasteiger partial charge in [-0.05, 0) is 12.1 Å². The number of methoxy groups -OCH3 is 1. The number of hydrogen-bond acceptors (Lipinski definition) is 5. The summed E-state index contributed by atoms with van der Waals surface area (Å²) < 4.78 is 6.72. The van der Waals surface area contributed by atoms with Crippen LogP contribution in [0.15, 0.2) is 40.4 Å². The van der Waals surface area contributed by atoms with Crippen LogP contribution in [0, 0.1) is 0 Å². The Morgan fingerprint density at radius 3 is 3.05 bits per heavy atom. The lowest BCUT2D eigenvalue weighted by atomic mass is 10.2. The van der Waals surface area contributed by atoms with E-state index in [1.54, 1.807) is 28.8 Å². The molecule has 3 rings (SSSR count). The second kappa shape index (κ2) is 5.61. The maximum Gasteiger partial charge on any atom is 0.277 e. The van der Waals surface area contributed by atoms with E-state index >= 15 is 0 Å². The first-order chi connectivity index (χ1) is 10.2. The maximum absolute atomic E-state index is 12.3. The summed E-state index contributed by atoms with van der Waals surface area (Å²) in [6.07, 6.45) is 1.40. The fourth-order valence-electron chi connectivity index (χ4n) is 2.13. The quantitative estimate of drug-likeness (QED) is 0.872. The largest absolute Gasteiger partial charge is 0.496 e. The Bertz CT molecular complexity index is 757. The lowest BCUT2D eigenvalue weighted by Gasteiger charge is -2.09. The van der Waals surface area contributed by atoms with Crippen LogP contribution in [-0.4, -0.2) is 28.3 Å². The number of nitrogens with one attached hydrogen (secondary N) is 1. The number of nitrogens with zero attached hydrogens (tertiary/aromatic N) is 2. The van der Waals surface area contributed by atoms with Crippen LogP contribution in [0.3, 0.4) is 0 Å². The lowest BCUT2D eigenvalue weighted by Crippen LogP contribution is -2.26. The normalized spacial score (nSPS) is 12.8. The first-order valence-electron chi connectivity index (χ1n) is 6.37. The van der Waals surface area contributed by atoms with E-state index in [2.05, 4.69) is 10.3 Å². The predicted molar refractivity (Wildman–Crippen MR) is 80.2 cm³/mol. The minimum absolute atomic E-state index is 0.178. The van der Waals surface area contributed by atoms with Gasteiger partial charge >= 0.3 is 0 Å². The van der Waals surface area contributed by atoms with Crippen LogP contribution in [0.1, 0.15) is 10.4 Å². The zero-order chi connectivity index (χ0) is 14.8. The molecule has 108 valence electrons. The lowest BCUT2D eigenvalue weighted by molar-refractivity contribution is 0.102. The van der Waals surface area contributed by atoms with Gasteiger partial charge < -0.3 is 10.1 Å². The number of fused-ring (bicyclic) bond motifs is 1. The van der Waals surface area contributed by atoms with E-state index in [0.29, 0.717) is 23.0 Å². The summed E-state index contributed by atoms with van der Waals surface area (Å²) in [4.78, 5) is 28.7. The van der Waals surface area contributed by atoms with Gasteiger partial charge in [0.25, 0.3) is 11.5 Å². The number of carbonyl (C=O) groups is 1. The van der Waals surface area contributed by atoms with Crippen molar-refractivity contribution in [2.24, 2.45) is 0 Å². The summed E-state index contributed by atoms with van der Waals surface area (Å²) in [5.74, 6) is 0.893. The molecular formula is C14H13N3O3S. The second-order valence-corrected chi connectivity index (χ2v) is 5.48. The van der Waals surface area contributed by atoms with Gasteiger partial charge in [-0.1, -0.05) is 23.9 Å². The van der Waals surface area contributed by atoms with E-state index in [4.69, 9.17) is 4.74 Å². The van der Waals surface area contributed by atoms with E-state index in [-0.39, 0.29) is 11.2 Å². The number of amides is 1. The second-order valence-electron chi connectivity index (χ2n) is 4.41. The Morgan fingerprint density at radius 2 is 2.24 bits per heavy atom. The third-order valence-corrected chi connectivity index (χ3v) is 4.13. The van der Waals surface area contributed by atoms with E-state index in [0.717, 1.165) is 5.75 Å². The van der Waals surface area contributed by atoms with Gasteiger partial charge in [-0.2, -0.15) is 0 Å². The fourth-order valence-corrected chi connectivity index (χ4v) is 3.04. The van der Waals surface area contributed by atoms with Crippen LogP contribution >= 0.6 is 11.8 Å². The van der Waals surface area contributed by atoms with Crippen molar-refractivity contribution >= 4 is 23.4 Å². The summed E-state index contributed by atoms with van der Waals surface area (Å²) in [6, 6.07) is 6.85. The Hall–Kier alpha value is -2.28. The molecule has 1 aromatic heterocycles. The van der Waals surface area contributed by atoms with Gasteiger partial charge in [0.05, 0.1) is 18.9 Å². The van der Waals surface area contributed by atoms with Crippen molar-refractivity contribution in [2.45, 2.75) is 11.7 Å². The zero-order valence-corrected chi connectivity index (χ0v) is 12.1. The first kappa shape index (κ1) is 13.7. The van der Waals surface area contributed by atoms with Crippen molar-refractivity contribution in [3.05, 3.63) is 46.4 Å². The molecule has 2 aromatic rings. The standard InChI is InChI=1S/C14H13N3O3S/c1-20-11-5-3-2-4-9(11)12(18)16-10-8-15-14-17(13(10)19)6-7-21-14/h2-5,8H,6-7H2,1H3,(H,16,18). The molecule has 1 aliphatic heterocycles. The molecular weight excluding hydrogens is 290 g/mol. The van der Waals surface area contributed by atoms with Crippen LogP contribution in [-0.2, 0) is 6.54 Å². The van der Waals surface area contributed by atoms with Gasteiger partial charge in [-0.3, -0.25) is 14.2 Å². The number of carbonyl (C=O) groups excluding carboxylic acids is 1. The Kier molecular flexibility index (Phi) is 3.66. The molecule has 6 nitrogen and oxygen atoms in total. The highest BCUT2D eigenvalue weighted by Gasteiger charge is 2.18. The molecule has 0 spiro atoms. The molecule has 0 radical (unpaired) electrons. The summed E-state index contributed by atoms with van der Waals surface area (Å²) >= 11 is 1.53. The molecule has 0 saturated carbocycles. The summed E-state index contributed by atoms with van der Waals surface area (Å²) in [7, 11) is 1.50. The average Bonchev–Trinajstić information content (AvgIpc) is 2.99. The highest BCUT2D eigenvalue weighted by Crippen LogP contribution is 2.22. The number of ether oxygens (including phenoxy) is 1. The number of benzene rings is 1.